The average molecular weight is 501 g/mol. The van der Waals surface area contributed by atoms with Crippen LogP contribution in [0.5, 0.6) is 11.5 Å². The highest BCUT2D eigenvalue weighted by Gasteiger charge is 2.21. The van der Waals surface area contributed by atoms with E-state index in [1.54, 1.807) is 42.5 Å². The first-order valence-corrected chi connectivity index (χ1v) is 11.9. The van der Waals surface area contributed by atoms with Crippen molar-refractivity contribution in [3.63, 3.8) is 0 Å². The highest BCUT2D eigenvalue weighted by atomic mass is 16.5. The van der Waals surface area contributed by atoms with E-state index in [9.17, 15) is 9.90 Å². The number of carbonyl (C=O) groups excluding carboxylic acids is 1. The Balaban J connectivity index is 1.39. The first-order valence-electron chi connectivity index (χ1n) is 11.9. The van der Waals surface area contributed by atoms with Crippen molar-refractivity contribution >= 4 is 39.8 Å². The Labute approximate surface area is 213 Å². The third-order valence-corrected chi connectivity index (χ3v) is 6.39. The maximum atomic E-state index is 12.9. The summed E-state index contributed by atoms with van der Waals surface area (Å²) in [4.78, 5) is 24.4. The van der Waals surface area contributed by atoms with Gasteiger partial charge in [-0.3, -0.25) is 10.2 Å². The normalized spacial score (nSPS) is 13.9. The molecule has 0 unspecified atom stereocenters. The Kier molecular flexibility index (Phi) is 6.60. The van der Waals surface area contributed by atoms with Crippen LogP contribution in [0.25, 0.3) is 10.9 Å². The van der Waals surface area contributed by atoms with E-state index in [0.717, 1.165) is 36.8 Å². The number of aromatic hydroxyl groups is 1. The zero-order valence-electron chi connectivity index (χ0n) is 20.3. The Hall–Kier alpha value is -4.64. The zero-order valence-corrected chi connectivity index (χ0v) is 20.3. The number of hydrogen-bond donors (Lipinski definition) is 7. The molecule has 11 nitrogen and oxygen atoms in total. The summed E-state index contributed by atoms with van der Waals surface area (Å²) in [5.41, 5.74) is 8.78. The molecule has 0 atom stereocenters. The van der Waals surface area contributed by atoms with Crippen LogP contribution < -0.4 is 26.4 Å². The molecule has 0 spiro atoms. The molecule has 8 N–H and O–H groups in total. The number of H-pyrrole nitrogens is 1. The number of amides is 1. The quantitative estimate of drug-likeness (QED) is 0.190. The summed E-state index contributed by atoms with van der Waals surface area (Å²) in [5, 5.41) is 28.9. The minimum absolute atomic E-state index is 0.122. The molecule has 1 aliphatic heterocycles. The summed E-state index contributed by atoms with van der Waals surface area (Å²) in [7, 11) is 1.49. The van der Waals surface area contributed by atoms with Gasteiger partial charge in [0.1, 0.15) is 35.2 Å². The first kappa shape index (κ1) is 24.1. The third kappa shape index (κ3) is 5.02. The molecule has 0 radical (unpaired) electrons. The smallest absolute Gasteiger partial charge is 0.272 e. The minimum Gasteiger partial charge on any atom is -0.508 e. The van der Waals surface area contributed by atoms with Crippen LogP contribution >= 0.6 is 0 Å². The van der Waals surface area contributed by atoms with Crippen molar-refractivity contribution in [3.8, 4) is 11.5 Å². The fraction of sp³-hybridized carbons (Fsp3) is 0.231. The van der Waals surface area contributed by atoms with Crippen LogP contribution in [0.15, 0.2) is 48.8 Å². The van der Waals surface area contributed by atoms with Crippen LogP contribution in [0.1, 0.15) is 34.5 Å². The topological polar surface area (TPSA) is 174 Å². The van der Waals surface area contributed by atoms with Gasteiger partial charge < -0.3 is 36.5 Å². The van der Waals surface area contributed by atoms with Crippen LogP contribution in [0.2, 0.25) is 0 Å². The van der Waals surface area contributed by atoms with E-state index in [1.807, 2.05) is 0 Å². The number of phenolic OH excluding ortho intramolecular Hbond substituents is 1. The number of ether oxygens (including phenoxy) is 1. The number of anilines is 3. The van der Waals surface area contributed by atoms with Gasteiger partial charge in [-0.2, -0.15) is 0 Å². The zero-order chi connectivity index (χ0) is 25.9. The van der Waals surface area contributed by atoms with Gasteiger partial charge in [0.05, 0.1) is 24.1 Å². The van der Waals surface area contributed by atoms with E-state index in [-0.39, 0.29) is 29.2 Å². The standard InChI is InChI=1S/C26H28N8O3/c1-37-21-12-14(23(27)22-24(28)30-13-31-25(22)32-16-6-8-29-9-7-16)2-4-19(21)34-26(36)20-11-15-10-17(35)3-5-18(15)33-20/h2-5,10-13,16,27,29,33,35H,6-9H2,1H3,(H,34,36)(H3,28,30,31,32). The monoisotopic (exact) mass is 500 g/mol. The van der Waals surface area contributed by atoms with E-state index in [1.165, 1.54) is 13.4 Å². The maximum absolute atomic E-state index is 12.9. The van der Waals surface area contributed by atoms with Crippen molar-refractivity contribution in [1.82, 2.24) is 20.3 Å². The van der Waals surface area contributed by atoms with Crippen molar-refractivity contribution < 1.29 is 14.6 Å². The van der Waals surface area contributed by atoms with Crippen LogP contribution in [-0.4, -0.2) is 57.9 Å². The van der Waals surface area contributed by atoms with Crippen molar-refractivity contribution in [3.05, 3.63) is 65.6 Å². The number of nitrogens with two attached hydrogens (primary N) is 1. The van der Waals surface area contributed by atoms with Crippen molar-refractivity contribution in [2.24, 2.45) is 0 Å². The van der Waals surface area contributed by atoms with Crippen LogP contribution in [0, 0.1) is 5.41 Å². The first-order chi connectivity index (χ1) is 17.9. The van der Waals surface area contributed by atoms with Gasteiger partial charge in [0.2, 0.25) is 0 Å². The molecule has 4 aromatic rings. The van der Waals surface area contributed by atoms with E-state index in [4.69, 9.17) is 15.9 Å². The summed E-state index contributed by atoms with van der Waals surface area (Å²) in [6.45, 7) is 1.83. The number of aromatic nitrogens is 3. The third-order valence-electron chi connectivity index (χ3n) is 6.39. The highest BCUT2D eigenvalue weighted by molar-refractivity contribution is 6.16. The molecular formula is C26H28N8O3. The van der Waals surface area contributed by atoms with Gasteiger partial charge in [-0.25, -0.2) is 9.97 Å². The second-order valence-corrected chi connectivity index (χ2v) is 8.85. The number of nitrogens with one attached hydrogen (secondary N) is 5. The number of phenols is 1. The van der Waals surface area contributed by atoms with Gasteiger partial charge in [-0.1, -0.05) is 6.07 Å². The molecule has 2 aromatic heterocycles. The van der Waals surface area contributed by atoms with Gasteiger partial charge >= 0.3 is 0 Å². The van der Waals surface area contributed by atoms with Crippen molar-refractivity contribution in [2.75, 3.05) is 36.6 Å². The molecule has 11 heteroatoms. The molecule has 0 saturated carbocycles. The molecule has 37 heavy (non-hydrogen) atoms. The van der Waals surface area contributed by atoms with Gasteiger partial charge in [-0.15, -0.1) is 0 Å². The Morgan fingerprint density at radius 1 is 1.16 bits per heavy atom. The van der Waals surface area contributed by atoms with Crippen LogP contribution in [-0.2, 0) is 0 Å². The van der Waals surface area contributed by atoms with E-state index in [0.29, 0.717) is 34.1 Å². The number of nitrogens with zero attached hydrogens (tertiary/aromatic N) is 2. The van der Waals surface area contributed by atoms with Gasteiger partial charge in [0, 0.05) is 22.5 Å². The van der Waals surface area contributed by atoms with Crippen LogP contribution in [0.3, 0.4) is 0 Å². The second-order valence-electron chi connectivity index (χ2n) is 8.85. The maximum Gasteiger partial charge on any atom is 0.272 e. The minimum atomic E-state index is -0.369. The number of rotatable bonds is 7. The predicted molar refractivity (Wildman–Crippen MR) is 143 cm³/mol. The summed E-state index contributed by atoms with van der Waals surface area (Å²) >= 11 is 0. The highest BCUT2D eigenvalue weighted by Crippen LogP contribution is 2.30. The van der Waals surface area contributed by atoms with E-state index >= 15 is 0 Å². The van der Waals surface area contributed by atoms with Crippen LogP contribution in [0.4, 0.5) is 17.3 Å². The number of methoxy groups -OCH3 is 1. The second kappa shape index (κ2) is 10.2. The summed E-state index contributed by atoms with van der Waals surface area (Å²) in [6.07, 6.45) is 3.27. The largest absolute Gasteiger partial charge is 0.508 e. The molecule has 1 aliphatic rings. The number of fused-ring (bicyclic) bond motifs is 1. The molecule has 2 aromatic carbocycles. The summed E-state index contributed by atoms with van der Waals surface area (Å²) in [5.74, 6) is 0.860. The molecule has 0 bridgehead atoms. The molecule has 1 saturated heterocycles. The summed E-state index contributed by atoms with van der Waals surface area (Å²) < 4.78 is 5.53. The number of nitrogen functional groups attached to an aromatic ring is 1. The lowest BCUT2D eigenvalue weighted by atomic mass is 10.0. The molecule has 1 amide bonds. The lowest BCUT2D eigenvalue weighted by Gasteiger charge is -2.25. The fourth-order valence-electron chi connectivity index (χ4n) is 4.44. The molecule has 5 rings (SSSR count). The molecule has 1 fully saturated rings. The Morgan fingerprint density at radius 2 is 1.97 bits per heavy atom. The molecule has 190 valence electrons. The predicted octanol–water partition coefficient (Wildman–Crippen LogP) is 3.09. The number of hydrogen-bond acceptors (Lipinski definition) is 9. The van der Waals surface area contributed by atoms with Gasteiger partial charge in [0.15, 0.2) is 0 Å². The van der Waals surface area contributed by atoms with Gasteiger partial charge in [-0.05, 0) is 62.3 Å². The number of carbonyl (C=O) groups is 1. The van der Waals surface area contributed by atoms with E-state index in [2.05, 4.69) is 30.9 Å². The van der Waals surface area contributed by atoms with E-state index < -0.39 is 0 Å². The van der Waals surface area contributed by atoms with Crippen molar-refractivity contribution in [1.29, 1.82) is 5.41 Å². The molecule has 0 aliphatic carbocycles. The Bertz CT molecular complexity index is 1480. The molecular weight excluding hydrogens is 472 g/mol. The number of benzene rings is 2. The summed E-state index contributed by atoms with van der Waals surface area (Å²) in [6, 6.07) is 11.8. The fourth-order valence-corrected chi connectivity index (χ4v) is 4.44. The van der Waals surface area contributed by atoms with Crippen molar-refractivity contribution in [2.45, 2.75) is 18.9 Å². The lowest BCUT2D eigenvalue weighted by molar-refractivity contribution is 0.102. The molecule has 3 heterocycles. The number of aromatic amines is 1. The lowest BCUT2D eigenvalue weighted by Crippen LogP contribution is -2.36. The Morgan fingerprint density at radius 3 is 2.76 bits per heavy atom. The number of piperidine rings is 1. The SMILES string of the molecule is COc1cc(C(=N)c2c(N)ncnc2NC2CCNCC2)ccc1NC(=O)c1cc2cc(O)ccc2[nH]1. The van der Waals surface area contributed by atoms with Gasteiger partial charge in [0.25, 0.3) is 5.91 Å². The average Bonchev–Trinajstić information content (AvgIpc) is 3.33.